The highest BCUT2D eigenvalue weighted by Gasteiger charge is 1.98. The molecule has 0 radical (unpaired) electrons. The quantitative estimate of drug-likeness (QED) is 0.767. The fourth-order valence-corrected chi connectivity index (χ4v) is 0.944. The molecule has 4 heteroatoms. The Morgan fingerprint density at radius 3 is 2.64 bits per heavy atom. The summed E-state index contributed by atoms with van der Waals surface area (Å²) >= 11 is 0. The number of carbonyl (C=O) groups excluding carboxylic acids is 1. The van der Waals surface area contributed by atoms with Crippen molar-refractivity contribution in [2.24, 2.45) is 0 Å². The van der Waals surface area contributed by atoms with Crippen LogP contribution in [0.4, 0.5) is 4.79 Å². The molecule has 0 spiro atoms. The summed E-state index contributed by atoms with van der Waals surface area (Å²) in [5, 5.41) is 11.1. The number of amides is 1. The highest BCUT2D eigenvalue weighted by molar-refractivity contribution is 5.66. The molecule has 14 heavy (non-hydrogen) atoms. The lowest BCUT2D eigenvalue weighted by molar-refractivity contribution is 0.170. The molecule has 0 aliphatic carbocycles. The zero-order valence-electron chi connectivity index (χ0n) is 7.78. The number of hydrogen-bond acceptors (Lipinski definition) is 3. The van der Waals surface area contributed by atoms with Crippen LogP contribution in [0.3, 0.4) is 0 Å². The van der Waals surface area contributed by atoms with Gasteiger partial charge >= 0.3 is 6.09 Å². The minimum atomic E-state index is -0.464. The van der Waals surface area contributed by atoms with Crippen molar-refractivity contribution in [3.8, 4) is 6.07 Å². The Morgan fingerprint density at radius 2 is 2.14 bits per heavy atom. The van der Waals surface area contributed by atoms with Crippen molar-refractivity contribution in [3.05, 3.63) is 35.4 Å². The van der Waals surface area contributed by atoms with Gasteiger partial charge < -0.3 is 10.1 Å². The molecule has 1 N–H and O–H groups in total. The van der Waals surface area contributed by atoms with E-state index in [2.05, 4.69) is 10.1 Å². The molecule has 1 aromatic carbocycles. The van der Waals surface area contributed by atoms with E-state index in [0.717, 1.165) is 5.56 Å². The molecule has 0 aromatic heterocycles. The van der Waals surface area contributed by atoms with E-state index in [4.69, 9.17) is 5.26 Å². The Morgan fingerprint density at radius 1 is 1.50 bits per heavy atom. The van der Waals surface area contributed by atoms with Crippen LogP contribution < -0.4 is 5.32 Å². The van der Waals surface area contributed by atoms with Crippen LogP contribution in [0.5, 0.6) is 0 Å². The van der Waals surface area contributed by atoms with Crippen molar-refractivity contribution in [1.29, 1.82) is 5.26 Å². The summed E-state index contributed by atoms with van der Waals surface area (Å²) in [6.07, 6.45) is -0.464. The summed E-state index contributed by atoms with van der Waals surface area (Å²) in [5.74, 6) is 0. The minimum absolute atomic E-state index is 0.401. The van der Waals surface area contributed by atoms with E-state index < -0.39 is 6.09 Å². The zero-order valence-corrected chi connectivity index (χ0v) is 7.78. The van der Waals surface area contributed by atoms with Crippen molar-refractivity contribution in [2.45, 2.75) is 6.54 Å². The molecule has 1 amide bonds. The molecule has 0 unspecified atom stereocenters. The number of hydrogen-bond donors (Lipinski definition) is 1. The first kappa shape index (κ1) is 10.1. The van der Waals surface area contributed by atoms with Crippen LogP contribution >= 0.6 is 0 Å². The number of alkyl carbamates (subject to hydrolysis) is 1. The van der Waals surface area contributed by atoms with Gasteiger partial charge in [-0.1, -0.05) is 12.1 Å². The predicted molar refractivity (Wildman–Crippen MR) is 50.4 cm³/mol. The Kier molecular flexibility index (Phi) is 3.50. The fraction of sp³-hybridized carbons (Fsp3) is 0.200. The average Bonchev–Trinajstić information content (AvgIpc) is 2.26. The van der Waals surface area contributed by atoms with Crippen LogP contribution in [-0.4, -0.2) is 13.2 Å². The van der Waals surface area contributed by atoms with E-state index >= 15 is 0 Å². The third kappa shape index (κ3) is 2.79. The third-order valence-electron chi connectivity index (χ3n) is 1.71. The molecule has 0 saturated carbocycles. The van der Waals surface area contributed by atoms with Crippen LogP contribution in [0.15, 0.2) is 24.3 Å². The lowest BCUT2D eigenvalue weighted by Crippen LogP contribution is -2.22. The number of benzene rings is 1. The molecule has 0 aliphatic heterocycles. The smallest absolute Gasteiger partial charge is 0.407 e. The maximum atomic E-state index is 10.7. The zero-order chi connectivity index (χ0) is 10.4. The van der Waals surface area contributed by atoms with E-state index in [9.17, 15) is 4.79 Å². The lowest BCUT2D eigenvalue weighted by atomic mass is 10.1. The Balaban J connectivity index is 2.53. The van der Waals surface area contributed by atoms with Crippen LogP contribution in [0.1, 0.15) is 11.1 Å². The number of nitrogens with zero attached hydrogens (tertiary/aromatic N) is 1. The van der Waals surface area contributed by atoms with Gasteiger partial charge in [-0.2, -0.15) is 5.26 Å². The molecule has 0 heterocycles. The van der Waals surface area contributed by atoms with Crippen molar-refractivity contribution in [3.63, 3.8) is 0 Å². The first-order valence-electron chi connectivity index (χ1n) is 4.07. The van der Waals surface area contributed by atoms with Crippen LogP contribution in [0, 0.1) is 11.3 Å². The Bertz CT molecular complexity index is 351. The number of nitriles is 1. The Hall–Kier alpha value is -2.02. The van der Waals surface area contributed by atoms with Gasteiger partial charge in [-0.3, -0.25) is 0 Å². The van der Waals surface area contributed by atoms with Crippen molar-refractivity contribution in [2.75, 3.05) is 7.11 Å². The molecule has 4 nitrogen and oxygen atoms in total. The second-order valence-electron chi connectivity index (χ2n) is 2.65. The maximum Gasteiger partial charge on any atom is 0.407 e. The summed E-state index contributed by atoms with van der Waals surface area (Å²) in [5.41, 5.74) is 1.53. The molecule has 0 saturated heterocycles. The first-order valence-corrected chi connectivity index (χ1v) is 4.07. The van der Waals surface area contributed by atoms with Gasteiger partial charge in [-0.25, -0.2) is 4.79 Å². The highest BCUT2D eigenvalue weighted by Crippen LogP contribution is 2.02. The summed E-state index contributed by atoms with van der Waals surface area (Å²) in [4.78, 5) is 10.7. The van der Waals surface area contributed by atoms with Crippen molar-refractivity contribution in [1.82, 2.24) is 5.32 Å². The van der Waals surface area contributed by atoms with Crippen molar-refractivity contribution < 1.29 is 9.53 Å². The second kappa shape index (κ2) is 4.87. The van der Waals surface area contributed by atoms with Gasteiger partial charge in [0, 0.05) is 6.54 Å². The van der Waals surface area contributed by atoms with Gasteiger partial charge in [0.25, 0.3) is 0 Å². The average molecular weight is 190 g/mol. The largest absolute Gasteiger partial charge is 0.453 e. The van der Waals surface area contributed by atoms with E-state index in [1.54, 1.807) is 24.3 Å². The lowest BCUT2D eigenvalue weighted by Gasteiger charge is -2.03. The first-order chi connectivity index (χ1) is 6.76. The van der Waals surface area contributed by atoms with E-state index in [1.807, 2.05) is 6.07 Å². The molecule has 0 fully saturated rings. The van der Waals surface area contributed by atoms with Gasteiger partial charge in [-0.15, -0.1) is 0 Å². The van der Waals surface area contributed by atoms with Crippen LogP contribution in [-0.2, 0) is 11.3 Å². The summed E-state index contributed by atoms with van der Waals surface area (Å²) in [6.45, 7) is 0.401. The molecular weight excluding hydrogens is 180 g/mol. The van der Waals surface area contributed by atoms with E-state index in [0.29, 0.717) is 12.1 Å². The van der Waals surface area contributed by atoms with Gasteiger partial charge in [0.05, 0.1) is 18.7 Å². The van der Waals surface area contributed by atoms with Gasteiger partial charge in [0.15, 0.2) is 0 Å². The monoisotopic (exact) mass is 190 g/mol. The molecular formula is C10H10N2O2. The van der Waals surface area contributed by atoms with Crippen LogP contribution in [0.2, 0.25) is 0 Å². The van der Waals surface area contributed by atoms with Gasteiger partial charge in [0.1, 0.15) is 0 Å². The van der Waals surface area contributed by atoms with Gasteiger partial charge in [0.2, 0.25) is 0 Å². The van der Waals surface area contributed by atoms with Crippen LogP contribution in [0.25, 0.3) is 0 Å². The predicted octanol–water partition coefficient (Wildman–Crippen LogP) is 1.41. The van der Waals surface area contributed by atoms with E-state index in [-0.39, 0.29) is 0 Å². The highest BCUT2D eigenvalue weighted by atomic mass is 16.5. The normalized spacial score (nSPS) is 8.86. The standard InChI is InChI=1S/C10H10N2O2/c1-14-10(13)12-7-9-4-2-8(6-11)3-5-9/h2-5H,7H2,1H3,(H,12,13). The summed E-state index contributed by atoms with van der Waals surface area (Å²) in [7, 11) is 1.31. The third-order valence-corrected chi connectivity index (χ3v) is 1.71. The summed E-state index contributed by atoms with van der Waals surface area (Å²) in [6, 6.07) is 9.00. The number of methoxy groups -OCH3 is 1. The molecule has 72 valence electrons. The second-order valence-corrected chi connectivity index (χ2v) is 2.65. The number of ether oxygens (including phenoxy) is 1. The molecule has 0 bridgehead atoms. The van der Waals surface area contributed by atoms with Gasteiger partial charge in [-0.05, 0) is 17.7 Å². The molecule has 0 aliphatic rings. The molecule has 0 atom stereocenters. The topological polar surface area (TPSA) is 62.1 Å². The number of carbonyl (C=O) groups is 1. The van der Waals surface area contributed by atoms with E-state index in [1.165, 1.54) is 7.11 Å². The Labute approximate surface area is 82.1 Å². The fourth-order valence-electron chi connectivity index (χ4n) is 0.944. The minimum Gasteiger partial charge on any atom is -0.453 e. The SMILES string of the molecule is COC(=O)NCc1ccc(C#N)cc1. The van der Waals surface area contributed by atoms with Crippen molar-refractivity contribution >= 4 is 6.09 Å². The number of nitrogens with one attached hydrogen (secondary N) is 1. The number of rotatable bonds is 2. The maximum absolute atomic E-state index is 10.7. The summed E-state index contributed by atoms with van der Waals surface area (Å²) < 4.78 is 4.41. The molecule has 1 rings (SSSR count). The molecule has 1 aromatic rings.